The molecule has 0 saturated heterocycles. The highest BCUT2D eigenvalue weighted by Crippen LogP contribution is 2.34. The van der Waals surface area contributed by atoms with Crippen molar-refractivity contribution in [3.8, 4) is 17.2 Å². The van der Waals surface area contributed by atoms with Gasteiger partial charge in [0.2, 0.25) is 21.8 Å². The number of methoxy groups -OCH3 is 1. The van der Waals surface area contributed by atoms with Crippen molar-refractivity contribution >= 4 is 27.5 Å². The van der Waals surface area contributed by atoms with Crippen LogP contribution in [0.4, 0.5) is 5.69 Å². The second-order valence-corrected chi connectivity index (χ2v) is 10.3. The summed E-state index contributed by atoms with van der Waals surface area (Å²) in [6.45, 7) is 2.81. The van der Waals surface area contributed by atoms with Gasteiger partial charge < -0.3 is 24.4 Å². The highest BCUT2D eigenvalue weighted by atomic mass is 32.2. The van der Waals surface area contributed by atoms with E-state index in [-0.39, 0.29) is 37.7 Å². The Morgan fingerprint density at radius 3 is 2.36 bits per heavy atom. The molecule has 0 aromatic heterocycles. The van der Waals surface area contributed by atoms with Crippen molar-refractivity contribution in [2.24, 2.45) is 0 Å². The Bertz CT molecular complexity index is 1170. The number of rotatable bonds is 11. The Hall–Kier alpha value is -3.47. The third kappa shape index (κ3) is 6.81. The molecule has 0 spiro atoms. The van der Waals surface area contributed by atoms with Gasteiger partial charge in [-0.05, 0) is 43.2 Å². The van der Waals surface area contributed by atoms with Gasteiger partial charge in [0.1, 0.15) is 25.0 Å². The molecule has 0 bridgehead atoms. The van der Waals surface area contributed by atoms with Crippen LogP contribution in [0.3, 0.4) is 0 Å². The molecule has 1 N–H and O–H groups in total. The molecule has 2 aromatic carbocycles. The van der Waals surface area contributed by atoms with Crippen molar-refractivity contribution in [1.82, 2.24) is 10.2 Å². The summed E-state index contributed by atoms with van der Waals surface area (Å²) in [5.41, 5.74) is 1.27. The van der Waals surface area contributed by atoms with Gasteiger partial charge >= 0.3 is 0 Å². The van der Waals surface area contributed by atoms with Gasteiger partial charge in [0.05, 0.1) is 19.1 Å². The molecule has 2 amide bonds. The number of hydrogen-bond acceptors (Lipinski definition) is 7. The fourth-order valence-electron chi connectivity index (χ4n) is 3.91. The van der Waals surface area contributed by atoms with Crippen LogP contribution in [0.1, 0.15) is 25.3 Å². The molecule has 0 aliphatic carbocycles. The molecule has 0 radical (unpaired) electrons. The molecule has 0 fully saturated rings. The largest absolute Gasteiger partial charge is 0.497 e. The highest BCUT2D eigenvalue weighted by molar-refractivity contribution is 7.92. The van der Waals surface area contributed by atoms with Crippen LogP contribution in [0.15, 0.2) is 42.5 Å². The summed E-state index contributed by atoms with van der Waals surface area (Å²) in [6, 6.07) is 11.5. The van der Waals surface area contributed by atoms with Crippen LogP contribution in [0.25, 0.3) is 0 Å². The van der Waals surface area contributed by atoms with Gasteiger partial charge in [-0.15, -0.1) is 0 Å². The first-order valence-corrected chi connectivity index (χ1v) is 13.5. The number of amides is 2. The summed E-state index contributed by atoms with van der Waals surface area (Å²) in [5.74, 6) is 1.19. The smallest absolute Gasteiger partial charge is 0.242 e. The van der Waals surface area contributed by atoms with E-state index in [0.717, 1.165) is 11.8 Å². The van der Waals surface area contributed by atoms with Crippen molar-refractivity contribution in [1.29, 1.82) is 0 Å². The zero-order chi connectivity index (χ0) is 26.3. The summed E-state index contributed by atoms with van der Waals surface area (Å²) in [4.78, 5) is 27.0. The lowest BCUT2D eigenvalue weighted by molar-refractivity contribution is -0.140. The van der Waals surface area contributed by atoms with E-state index in [1.165, 1.54) is 16.3 Å². The number of sulfonamides is 1. The molecule has 196 valence electrons. The Balaban J connectivity index is 1.72. The number of fused-ring (bicyclic) bond motifs is 1. The summed E-state index contributed by atoms with van der Waals surface area (Å²) in [5, 5.41) is 2.58. The topological polar surface area (TPSA) is 114 Å². The van der Waals surface area contributed by atoms with Crippen LogP contribution in [0.2, 0.25) is 0 Å². The van der Waals surface area contributed by atoms with Gasteiger partial charge in [0, 0.05) is 32.6 Å². The molecule has 36 heavy (non-hydrogen) atoms. The SMILES string of the molecule is CNC(=O)C(C)N(Cc1ccc(OC)cc1)C(=O)CCCN(c1ccc2c(c1)OCCO2)S(C)(=O)=O. The number of nitrogens with zero attached hydrogens (tertiary/aromatic N) is 2. The fraction of sp³-hybridized carbons (Fsp3) is 0.440. The van der Waals surface area contributed by atoms with E-state index in [1.807, 2.05) is 12.1 Å². The van der Waals surface area contributed by atoms with Crippen molar-refractivity contribution in [3.05, 3.63) is 48.0 Å². The molecule has 1 aliphatic rings. The first-order chi connectivity index (χ1) is 17.1. The number of carbonyl (C=O) groups excluding carboxylic acids is 2. The van der Waals surface area contributed by atoms with E-state index in [2.05, 4.69) is 5.32 Å². The van der Waals surface area contributed by atoms with Crippen LogP contribution < -0.4 is 23.8 Å². The second-order valence-electron chi connectivity index (χ2n) is 8.43. The van der Waals surface area contributed by atoms with E-state index < -0.39 is 16.1 Å². The minimum Gasteiger partial charge on any atom is -0.497 e. The number of hydrogen-bond donors (Lipinski definition) is 1. The Morgan fingerprint density at radius 1 is 1.08 bits per heavy atom. The quantitative estimate of drug-likeness (QED) is 0.484. The standard InChI is InChI=1S/C25H33N3O7S/c1-18(25(30)26-2)27(17-19-7-10-21(33-3)11-8-19)24(29)6-5-13-28(36(4,31)32)20-9-12-22-23(16-20)35-15-14-34-22/h7-12,16,18H,5-6,13-15,17H2,1-4H3,(H,26,30). The lowest BCUT2D eigenvalue weighted by atomic mass is 10.1. The molecule has 3 rings (SSSR count). The van der Waals surface area contributed by atoms with Crippen molar-refractivity contribution in [2.75, 3.05) is 44.5 Å². The minimum absolute atomic E-state index is 0.0636. The first kappa shape index (κ1) is 27.1. The fourth-order valence-corrected chi connectivity index (χ4v) is 4.87. The van der Waals surface area contributed by atoms with Crippen LogP contribution in [0, 0.1) is 0 Å². The number of nitrogens with one attached hydrogen (secondary N) is 1. The average molecular weight is 520 g/mol. The maximum atomic E-state index is 13.2. The van der Waals surface area contributed by atoms with Gasteiger partial charge in [-0.3, -0.25) is 13.9 Å². The monoisotopic (exact) mass is 519 g/mol. The molecule has 0 saturated carbocycles. The third-order valence-corrected chi connectivity index (χ3v) is 7.09. The minimum atomic E-state index is -3.62. The Labute approximate surface area is 212 Å². The molecule has 11 heteroatoms. The Morgan fingerprint density at radius 2 is 1.75 bits per heavy atom. The lowest BCUT2D eigenvalue weighted by Gasteiger charge is -2.29. The summed E-state index contributed by atoms with van der Waals surface area (Å²) >= 11 is 0. The Kier molecular flexibility index (Phi) is 9.03. The van der Waals surface area contributed by atoms with Gasteiger partial charge in [-0.2, -0.15) is 0 Å². The van der Waals surface area contributed by atoms with Crippen LogP contribution >= 0.6 is 0 Å². The molecule has 2 aromatic rings. The van der Waals surface area contributed by atoms with E-state index in [9.17, 15) is 18.0 Å². The van der Waals surface area contributed by atoms with E-state index >= 15 is 0 Å². The van der Waals surface area contributed by atoms with E-state index in [1.54, 1.807) is 44.4 Å². The third-order valence-electron chi connectivity index (χ3n) is 5.89. The van der Waals surface area contributed by atoms with Gasteiger partial charge in [-0.1, -0.05) is 12.1 Å². The lowest BCUT2D eigenvalue weighted by Crippen LogP contribution is -2.46. The van der Waals surface area contributed by atoms with Crippen molar-refractivity contribution < 1.29 is 32.2 Å². The molecule has 10 nitrogen and oxygen atoms in total. The number of ether oxygens (including phenoxy) is 3. The zero-order valence-electron chi connectivity index (χ0n) is 21.0. The maximum absolute atomic E-state index is 13.2. The summed E-state index contributed by atoms with van der Waals surface area (Å²) in [6.07, 6.45) is 1.45. The maximum Gasteiger partial charge on any atom is 0.242 e. The molecular weight excluding hydrogens is 486 g/mol. The van der Waals surface area contributed by atoms with Crippen LogP contribution in [-0.4, -0.2) is 71.3 Å². The predicted molar refractivity (Wildman–Crippen MR) is 136 cm³/mol. The number of benzene rings is 2. The number of carbonyl (C=O) groups is 2. The molecule has 1 aliphatic heterocycles. The van der Waals surface area contributed by atoms with Gasteiger partial charge in [0.25, 0.3) is 0 Å². The first-order valence-electron chi connectivity index (χ1n) is 11.7. The van der Waals surface area contributed by atoms with Gasteiger partial charge in [-0.25, -0.2) is 8.42 Å². The number of anilines is 1. The highest BCUT2D eigenvalue weighted by Gasteiger charge is 2.26. The summed E-state index contributed by atoms with van der Waals surface area (Å²) in [7, 11) is -0.523. The molecule has 1 atom stereocenters. The normalized spacial score (nSPS) is 13.4. The molecule has 1 heterocycles. The average Bonchev–Trinajstić information content (AvgIpc) is 2.88. The van der Waals surface area contributed by atoms with E-state index in [0.29, 0.717) is 36.1 Å². The van der Waals surface area contributed by atoms with E-state index in [4.69, 9.17) is 14.2 Å². The zero-order valence-corrected chi connectivity index (χ0v) is 21.8. The van der Waals surface area contributed by atoms with Crippen LogP contribution in [-0.2, 0) is 26.2 Å². The molecule has 1 unspecified atom stereocenters. The van der Waals surface area contributed by atoms with Crippen molar-refractivity contribution in [3.63, 3.8) is 0 Å². The molecular formula is C25H33N3O7S. The van der Waals surface area contributed by atoms with Crippen LogP contribution in [0.5, 0.6) is 17.2 Å². The number of likely N-dealkylation sites (N-methyl/N-ethyl adjacent to an activating group) is 1. The van der Waals surface area contributed by atoms with Gasteiger partial charge in [0.15, 0.2) is 11.5 Å². The van der Waals surface area contributed by atoms with Crippen molar-refractivity contribution in [2.45, 2.75) is 32.4 Å². The second kappa shape index (κ2) is 12.0. The predicted octanol–water partition coefficient (Wildman–Crippen LogP) is 2.18. The summed E-state index contributed by atoms with van der Waals surface area (Å²) < 4.78 is 42.6.